The highest BCUT2D eigenvalue weighted by Crippen LogP contribution is 2.32. The van der Waals surface area contributed by atoms with Gasteiger partial charge in [0, 0.05) is 39.4 Å². The van der Waals surface area contributed by atoms with Gasteiger partial charge < -0.3 is 9.64 Å². The highest BCUT2D eigenvalue weighted by atomic mass is 32.2. The maximum absolute atomic E-state index is 12.7. The first-order valence-electron chi connectivity index (χ1n) is 9.18. The van der Waals surface area contributed by atoms with Crippen molar-refractivity contribution >= 4 is 15.9 Å². The van der Waals surface area contributed by atoms with Crippen LogP contribution in [0.2, 0.25) is 0 Å². The zero-order chi connectivity index (χ0) is 18.9. The molecule has 0 bridgehead atoms. The minimum absolute atomic E-state index is 0.0169. The number of hydrogen-bond acceptors (Lipinski definition) is 5. The number of carbonyl (C=O) groups excluding carboxylic acids is 1. The fourth-order valence-corrected chi connectivity index (χ4v) is 5.39. The summed E-state index contributed by atoms with van der Waals surface area (Å²) in [6.45, 7) is 6.06. The molecule has 0 unspecified atom stereocenters. The predicted molar refractivity (Wildman–Crippen MR) is 97.4 cm³/mol. The van der Waals surface area contributed by atoms with Crippen LogP contribution in [0.3, 0.4) is 0 Å². The van der Waals surface area contributed by atoms with Crippen LogP contribution in [0.1, 0.15) is 42.2 Å². The molecule has 0 aromatic carbocycles. The van der Waals surface area contributed by atoms with Gasteiger partial charge in [0.25, 0.3) is 5.91 Å². The Morgan fingerprint density at radius 2 is 2.00 bits per heavy atom. The molecular formula is C17H28N4O4S. The van der Waals surface area contributed by atoms with Crippen molar-refractivity contribution in [3.63, 3.8) is 0 Å². The molecule has 26 heavy (non-hydrogen) atoms. The Labute approximate surface area is 155 Å². The number of ether oxygens (including phenoxy) is 1. The topological polar surface area (TPSA) is 84.7 Å². The molecule has 3 heterocycles. The quantitative estimate of drug-likeness (QED) is 0.766. The first-order valence-corrected chi connectivity index (χ1v) is 10.8. The summed E-state index contributed by atoms with van der Waals surface area (Å²) in [4.78, 5) is 14.6. The van der Waals surface area contributed by atoms with Crippen molar-refractivity contribution in [2.75, 3.05) is 38.5 Å². The van der Waals surface area contributed by atoms with Crippen LogP contribution < -0.4 is 0 Å². The maximum Gasteiger partial charge on any atom is 0.257 e. The van der Waals surface area contributed by atoms with Gasteiger partial charge in [0.1, 0.15) is 0 Å². The first kappa shape index (κ1) is 19.3. The minimum atomic E-state index is -3.22. The number of morpholine rings is 1. The predicted octanol–water partition coefficient (Wildman–Crippen LogP) is 0.775. The number of likely N-dealkylation sites (tertiary alicyclic amines) is 1. The van der Waals surface area contributed by atoms with E-state index >= 15 is 0 Å². The fourth-order valence-electron chi connectivity index (χ4n) is 3.83. The van der Waals surface area contributed by atoms with E-state index in [9.17, 15) is 13.2 Å². The van der Waals surface area contributed by atoms with Crippen LogP contribution in [-0.2, 0) is 21.8 Å². The van der Waals surface area contributed by atoms with E-state index in [2.05, 4.69) is 5.10 Å². The lowest BCUT2D eigenvalue weighted by molar-refractivity contribution is -0.115. The summed E-state index contributed by atoms with van der Waals surface area (Å²) in [6.07, 6.45) is 3.66. The fraction of sp³-hybridized carbons (Fsp3) is 0.765. The van der Waals surface area contributed by atoms with Crippen molar-refractivity contribution in [2.45, 2.75) is 38.7 Å². The van der Waals surface area contributed by atoms with Gasteiger partial charge in [0.15, 0.2) is 0 Å². The standard InChI is InChI=1S/C17H28N4O4S/c1-4-11-26(23,24)21-9-10-25-17(13-21)5-7-20(8-6-17)16(22)15-12-19(3)18-14(15)2/h12H,4-11,13H2,1-3H3. The van der Waals surface area contributed by atoms with Crippen LogP contribution in [0.15, 0.2) is 6.20 Å². The SMILES string of the molecule is CCCS(=O)(=O)N1CCOC2(CCN(C(=O)c3cn(C)nc3C)CC2)C1. The maximum atomic E-state index is 12.7. The second-order valence-corrected chi connectivity index (χ2v) is 9.36. The molecule has 0 aliphatic carbocycles. The molecule has 0 N–H and O–H groups in total. The number of sulfonamides is 1. The molecule has 1 aromatic heterocycles. The third kappa shape index (κ3) is 3.79. The van der Waals surface area contributed by atoms with Gasteiger partial charge in [-0.25, -0.2) is 8.42 Å². The molecule has 2 fully saturated rings. The van der Waals surface area contributed by atoms with Crippen molar-refractivity contribution in [1.29, 1.82) is 0 Å². The Hall–Kier alpha value is -1.45. The second kappa shape index (κ2) is 7.28. The molecule has 1 spiro atoms. The summed E-state index contributed by atoms with van der Waals surface area (Å²) >= 11 is 0. The molecular weight excluding hydrogens is 356 g/mol. The molecule has 2 aliphatic heterocycles. The van der Waals surface area contributed by atoms with Crippen molar-refractivity contribution < 1.29 is 17.9 Å². The zero-order valence-corrected chi connectivity index (χ0v) is 16.6. The van der Waals surface area contributed by atoms with E-state index in [0.29, 0.717) is 57.6 Å². The van der Waals surface area contributed by atoms with Gasteiger partial charge in [-0.2, -0.15) is 9.40 Å². The molecule has 3 rings (SSSR count). The summed E-state index contributed by atoms with van der Waals surface area (Å²) in [5, 5.41) is 4.24. The highest BCUT2D eigenvalue weighted by molar-refractivity contribution is 7.89. The molecule has 0 saturated carbocycles. The van der Waals surface area contributed by atoms with Gasteiger partial charge in [-0.3, -0.25) is 9.48 Å². The van der Waals surface area contributed by atoms with E-state index in [-0.39, 0.29) is 11.7 Å². The third-order valence-electron chi connectivity index (χ3n) is 5.27. The van der Waals surface area contributed by atoms with Gasteiger partial charge in [-0.15, -0.1) is 0 Å². The zero-order valence-electron chi connectivity index (χ0n) is 15.8. The van der Waals surface area contributed by atoms with E-state index in [0.717, 1.165) is 5.69 Å². The summed E-state index contributed by atoms with van der Waals surface area (Å²) in [6, 6.07) is 0. The Kier molecular flexibility index (Phi) is 5.41. The van der Waals surface area contributed by atoms with E-state index < -0.39 is 15.6 Å². The highest BCUT2D eigenvalue weighted by Gasteiger charge is 2.43. The lowest BCUT2D eigenvalue weighted by Gasteiger charge is -2.46. The number of aromatic nitrogens is 2. The van der Waals surface area contributed by atoms with Gasteiger partial charge in [0.2, 0.25) is 10.0 Å². The number of aryl methyl sites for hydroxylation is 2. The number of nitrogens with zero attached hydrogens (tertiary/aromatic N) is 4. The van der Waals surface area contributed by atoms with E-state index in [1.165, 1.54) is 0 Å². The summed E-state index contributed by atoms with van der Waals surface area (Å²) in [5.74, 6) is 0.158. The molecule has 2 aliphatic rings. The summed E-state index contributed by atoms with van der Waals surface area (Å²) in [7, 11) is -1.42. The van der Waals surface area contributed by atoms with Crippen LogP contribution in [-0.4, -0.2) is 77.5 Å². The van der Waals surface area contributed by atoms with Crippen molar-refractivity contribution in [1.82, 2.24) is 19.0 Å². The molecule has 1 amide bonds. The number of hydrogen-bond donors (Lipinski definition) is 0. The molecule has 8 nitrogen and oxygen atoms in total. The Balaban J connectivity index is 1.65. The smallest absolute Gasteiger partial charge is 0.257 e. The Morgan fingerprint density at radius 3 is 2.58 bits per heavy atom. The van der Waals surface area contributed by atoms with Crippen LogP contribution >= 0.6 is 0 Å². The van der Waals surface area contributed by atoms with Crippen molar-refractivity contribution in [3.8, 4) is 0 Å². The first-order chi connectivity index (χ1) is 12.3. The number of amides is 1. The van der Waals surface area contributed by atoms with Crippen LogP contribution in [0.5, 0.6) is 0 Å². The van der Waals surface area contributed by atoms with E-state index in [1.807, 2.05) is 18.7 Å². The lowest BCUT2D eigenvalue weighted by Crippen LogP contribution is -2.58. The Bertz CT molecular complexity index is 766. The monoisotopic (exact) mass is 384 g/mol. The molecule has 2 saturated heterocycles. The largest absolute Gasteiger partial charge is 0.372 e. The average molecular weight is 385 g/mol. The molecule has 0 atom stereocenters. The van der Waals surface area contributed by atoms with Crippen LogP contribution in [0, 0.1) is 6.92 Å². The Morgan fingerprint density at radius 1 is 1.31 bits per heavy atom. The van der Waals surface area contributed by atoms with Gasteiger partial charge >= 0.3 is 0 Å². The number of piperidine rings is 1. The average Bonchev–Trinajstić information content (AvgIpc) is 2.93. The summed E-state index contributed by atoms with van der Waals surface area (Å²) in [5.41, 5.74) is 0.878. The third-order valence-corrected chi connectivity index (χ3v) is 7.30. The molecule has 146 valence electrons. The summed E-state index contributed by atoms with van der Waals surface area (Å²) < 4.78 is 34.0. The van der Waals surface area contributed by atoms with Crippen molar-refractivity contribution in [2.24, 2.45) is 7.05 Å². The minimum Gasteiger partial charge on any atom is -0.372 e. The molecule has 1 aromatic rings. The van der Waals surface area contributed by atoms with Crippen LogP contribution in [0.25, 0.3) is 0 Å². The number of rotatable bonds is 4. The second-order valence-electron chi connectivity index (χ2n) is 7.28. The van der Waals surface area contributed by atoms with Gasteiger partial charge in [-0.05, 0) is 26.2 Å². The molecule has 9 heteroatoms. The van der Waals surface area contributed by atoms with Crippen molar-refractivity contribution in [3.05, 3.63) is 17.5 Å². The van der Waals surface area contributed by atoms with Crippen LogP contribution in [0.4, 0.5) is 0 Å². The molecule has 0 radical (unpaired) electrons. The lowest BCUT2D eigenvalue weighted by atomic mass is 9.89. The normalized spacial score (nSPS) is 21.3. The van der Waals surface area contributed by atoms with E-state index in [1.54, 1.807) is 22.2 Å². The number of carbonyl (C=O) groups is 1. The van der Waals surface area contributed by atoms with Gasteiger partial charge in [0.05, 0.1) is 29.2 Å². The van der Waals surface area contributed by atoms with Gasteiger partial charge in [-0.1, -0.05) is 6.92 Å². The van der Waals surface area contributed by atoms with E-state index in [4.69, 9.17) is 4.74 Å².